The zero-order valence-electron chi connectivity index (χ0n) is 26.0. The van der Waals surface area contributed by atoms with Gasteiger partial charge < -0.3 is 33.1 Å². The molecule has 1 N–H and O–H groups in total. The summed E-state index contributed by atoms with van der Waals surface area (Å²) in [5.41, 5.74) is -3.43. The SMILES string of the molecule is CCC(=O)C1=C(OC)C(N(C)C)C2CC3C(=C(OC)C2(O)C1=O)C(=O)c1c(OC)cccc1C3(C)OCP(=O)(OC)OC. The summed E-state index contributed by atoms with van der Waals surface area (Å²) in [4.78, 5) is 43.6. The van der Waals surface area contributed by atoms with Crippen LogP contribution in [0.5, 0.6) is 5.75 Å². The maximum Gasteiger partial charge on any atom is 0.355 e. The lowest BCUT2D eigenvalue weighted by molar-refractivity contribution is -0.155. The first kappa shape index (κ1) is 33.0. The highest BCUT2D eigenvalue weighted by molar-refractivity contribution is 7.53. The minimum Gasteiger partial charge on any atom is -0.499 e. The maximum atomic E-state index is 14.4. The molecule has 236 valence electrons. The van der Waals surface area contributed by atoms with Gasteiger partial charge in [-0.1, -0.05) is 19.1 Å². The van der Waals surface area contributed by atoms with Crippen LogP contribution < -0.4 is 4.74 Å². The Labute approximate surface area is 251 Å². The fourth-order valence-corrected chi connectivity index (χ4v) is 7.65. The molecule has 0 radical (unpaired) electrons. The van der Waals surface area contributed by atoms with Crippen molar-refractivity contribution in [2.24, 2.45) is 11.8 Å². The van der Waals surface area contributed by atoms with E-state index >= 15 is 0 Å². The number of hydrogen-bond acceptors (Lipinski definition) is 12. The molecule has 13 heteroatoms. The Hall–Kier alpha value is -2.86. The third-order valence-electron chi connectivity index (χ3n) is 9.01. The lowest BCUT2D eigenvalue weighted by atomic mass is 9.55. The number of ether oxygens (including phenoxy) is 4. The number of fused-ring (bicyclic) bond motifs is 3. The Morgan fingerprint density at radius 2 is 1.72 bits per heavy atom. The normalized spacial score (nSPS) is 28.9. The number of rotatable bonds is 11. The highest BCUT2D eigenvalue weighted by Gasteiger charge is 2.66. The summed E-state index contributed by atoms with van der Waals surface area (Å²) in [6, 6.07) is 4.28. The fourth-order valence-electron chi connectivity index (χ4n) is 6.86. The van der Waals surface area contributed by atoms with E-state index in [9.17, 15) is 24.1 Å². The molecular formula is C30H40NO11P. The van der Waals surface area contributed by atoms with E-state index in [1.807, 2.05) is 0 Å². The molecule has 0 bridgehead atoms. The number of ketones is 3. The lowest BCUT2D eigenvalue weighted by Gasteiger charge is -2.54. The van der Waals surface area contributed by atoms with Crippen LogP contribution in [-0.4, -0.2) is 95.0 Å². The molecule has 0 aromatic heterocycles. The first-order valence-corrected chi connectivity index (χ1v) is 15.6. The second-order valence-electron chi connectivity index (χ2n) is 11.1. The Balaban J connectivity index is 2.08. The van der Waals surface area contributed by atoms with Crippen LogP contribution in [0.25, 0.3) is 0 Å². The quantitative estimate of drug-likeness (QED) is 0.286. The molecular weight excluding hydrogens is 581 g/mol. The molecule has 5 unspecified atom stereocenters. The Morgan fingerprint density at radius 1 is 1.07 bits per heavy atom. The van der Waals surface area contributed by atoms with E-state index in [2.05, 4.69) is 0 Å². The van der Waals surface area contributed by atoms with E-state index in [0.29, 0.717) is 5.56 Å². The monoisotopic (exact) mass is 621 g/mol. The van der Waals surface area contributed by atoms with Gasteiger partial charge in [-0.3, -0.25) is 23.8 Å². The van der Waals surface area contributed by atoms with Gasteiger partial charge in [0.2, 0.25) is 5.78 Å². The molecule has 4 rings (SSSR count). The van der Waals surface area contributed by atoms with E-state index in [1.54, 1.807) is 51.0 Å². The lowest BCUT2D eigenvalue weighted by Crippen LogP contribution is -2.65. The Kier molecular flexibility index (Phi) is 9.15. The summed E-state index contributed by atoms with van der Waals surface area (Å²) in [6.45, 7) is 3.35. The Bertz CT molecular complexity index is 1440. The van der Waals surface area contributed by atoms with Crippen LogP contribution in [0.15, 0.2) is 40.9 Å². The molecule has 12 nitrogen and oxygen atoms in total. The summed E-state index contributed by atoms with van der Waals surface area (Å²) >= 11 is 0. The summed E-state index contributed by atoms with van der Waals surface area (Å²) in [6.07, 6.45) is -0.446. The number of hydrogen-bond donors (Lipinski definition) is 1. The number of carbonyl (C=O) groups excluding carboxylic acids is 3. The molecule has 1 aromatic carbocycles. The van der Waals surface area contributed by atoms with Gasteiger partial charge in [-0.15, -0.1) is 0 Å². The van der Waals surface area contributed by atoms with E-state index in [4.69, 9.17) is 28.0 Å². The van der Waals surface area contributed by atoms with Crippen LogP contribution in [0.4, 0.5) is 0 Å². The fraction of sp³-hybridized carbons (Fsp3) is 0.567. The first-order chi connectivity index (χ1) is 20.3. The van der Waals surface area contributed by atoms with Crippen LogP contribution >= 0.6 is 7.60 Å². The van der Waals surface area contributed by atoms with Crippen molar-refractivity contribution in [3.8, 4) is 5.75 Å². The van der Waals surface area contributed by atoms with Gasteiger partial charge in [0.05, 0.1) is 38.5 Å². The van der Waals surface area contributed by atoms with E-state index in [0.717, 1.165) is 0 Å². The number of methoxy groups -OCH3 is 3. The third-order valence-corrected chi connectivity index (χ3v) is 10.6. The summed E-state index contributed by atoms with van der Waals surface area (Å²) in [5.74, 6) is -3.60. The number of carbonyl (C=O) groups is 3. The van der Waals surface area contributed by atoms with Crippen molar-refractivity contribution < 1.29 is 52.1 Å². The van der Waals surface area contributed by atoms with Gasteiger partial charge in [0, 0.05) is 38.0 Å². The molecule has 0 saturated heterocycles. The zero-order chi connectivity index (χ0) is 32.1. The molecule has 0 aliphatic heterocycles. The van der Waals surface area contributed by atoms with Crippen molar-refractivity contribution >= 4 is 24.9 Å². The third kappa shape index (κ3) is 4.79. The predicted molar refractivity (Wildman–Crippen MR) is 155 cm³/mol. The van der Waals surface area contributed by atoms with Gasteiger partial charge >= 0.3 is 7.60 Å². The molecule has 3 aliphatic rings. The second kappa shape index (κ2) is 11.9. The topological polar surface area (TPSA) is 147 Å². The highest BCUT2D eigenvalue weighted by atomic mass is 31.2. The molecule has 3 aliphatic carbocycles. The second-order valence-corrected chi connectivity index (χ2v) is 13.3. The Morgan fingerprint density at radius 3 is 2.23 bits per heavy atom. The number of likely N-dealkylation sites (N-methyl/N-ethyl adjacent to an activating group) is 1. The first-order valence-electron chi connectivity index (χ1n) is 13.9. The molecule has 0 fully saturated rings. The van der Waals surface area contributed by atoms with Gasteiger partial charge in [-0.2, -0.15) is 0 Å². The molecule has 1 aromatic rings. The smallest absolute Gasteiger partial charge is 0.355 e. The van der Waals surface area contributed by atoms with E-state index in [1.165, 1.54) is 35.5 Å². The van der Waals surface area contributed by atoms with E-state index in [-0.39, 0.29) is 46.8 Å². The molecule has 0 heterocycles. The molecule has 0 amide bonds. The van der Waals surface area contributed by atoms with Crippen molar-refractivity contribution in [2.45, 2.75) is 43.9 Å². The highest BCUT2D eigenvalue weighted by Crippen LogP contribution is 2.60. The number of aliphatic hydroxyl groups is 1. The summed E-state index contributed by atoms with van der Waals surface area (Å²) in [7, 11) is 6.35. The van der Waals surface area contributed by atoms with Crippen molar-refractivity contribution in [3.05, 3.63) is 52.0 Å². The van der Waals surface area contributed by atoms with Gasteiger partial charge in [0.1, 0.15) is 29.2 Å². The van der Waals surface area contributed by atoms with Crippen LogP contribution in [0.2, 0.25) is 0 Å². The summed E-state index contributed by atoms with van der Waals surface area (Å²) < 4.78 is 46.9. The predicted octanol–water partition coefficient (Wildman–Crippen LogP) is 3.23. The van der Waals surface area contributed by atoms with Crippen molar-refractivity contribution in [1.29, 1.82) is 0 Å². The minimum absolute atomic E-state index is 0.000404. The van der Waals surface area contributed by atoms with Gasteiger partial charge in [-0.25, -0.2) is 0 Å². The van der Waals surface area contributed by atoms with Crippen LogP contribution in [0, 0.1) is 11.8 Å². The van der Waals surface area contributed by atoms with Crippen molar-refractivity contribution in [2.75, 3.05) is 56.0 Å². The standard InChI is InChI=1S/C30H40NO11P/c1-10-19(32)23-26(38-6)24(31(3)4)18-14-17-22(28(39-7)30(18,35)27(23)34)25(33)21-16(12-11-13-20(21)37-5)29(17,2)42-15-43(36,40-8)41-9/h11-13,17-18,24,35H,10,14-15H2,1-9H3. The average molecular weight is 622 g/mol. The van der Waals surface area contributed by atoms with Gasteiger partial charge in [0.25, 0.3) is 0 Å². The number of Topliss-reactive ketones (excluding diaryl/α,β-unsaturated/α-hetero) is 3. The summed E-state index contributed by atoms with van der Waals surface area (Å²) in [5, 5.41) is 12.5. The minimum atomic E-state index is -3.69. The largest absolute Gasteiger partial charge is 0.499 e. The van der Waals surface area contributed by atoms with Crippen LogP contribution in [-0.2, 0) is 43.0 Å². The van der Waals surface area contributed by atoms with Crippen LogP contribution in [0.1, 0.15) is 42.6 Å². The van der Waals surface area contributed by atoms with Gasteiger partial charge in [-0.05, 0) is 39.1 Å². The molecule has 43 heavy (non-hydrogen) atoms. The maximum absolute atomic E-state index is 14.4. The molecule has 0 saturated carbocycles. The number of benzene rings is 1. The van der Waals surface area contributed by atoms with Crippen molar-refractivity contribution in [1.82, 2.24) is 4.90 Å². The molecule has 0 spiro atoms. The average Bonchev–Trinajstić information content (AvgIpc) is 3.01. The zero-order valence-corrected chi connectivity index (χ0v) is 26.9. The van der Waals surface area contributed by atoms with E-state index < -0.39 is 60.4 Å². The molecule has 5 atom stereocenters. The van der Waals surface area contributed by atoms with Crippen LogP contribution in [0.3, 0.4) is 0 Å². The number of nitrogens with zero attached hydrogens (tertiary/aromatic N) is 1. The van der Waals surface area contributed by atoms with Crippen molar-refractivity contribution in [3.63, 3.8) is 0 Å². The van der Waals surface area contributed by atoms with Gasteiger partial charge in [0.15, 0.2) is 17.2 Å².